The number of halogens is 2. The normalized spacial score (nSPS) is 10.8. The highest BCUT2D eigenvalue weighted by Crippen LogP contribution is 2.14. The van der Waals surface area contributed by atoms with Gasteiger partial charge in [-0.1, -0.05) is 35.9 Å². The highest BCUT2D eigenvalue weighted by Gasteiger charge is 2.04. The molecule has 0 fully saturated rings. The third kappa shape index (κ3) is 4.91. The molecule has 26 heavy (non-hydrogen) atoms. The second kappa shape index (κ2) is 8.60. The lowest BCUT2D eigenvalue weighted by Gasteiger charge is -2.08. The Morgan fingerprint density at radius 2 is 2.00 bits per heavy atom. The van der Waals surface area contributed by atoms with E-state index in [0.717, 1.165) is 11.4 Å². The molecule has 0 amide bonds. The fraction of sp³-hybridized carbons (Fsp3) is 0.0526. The van der Waals surface area contributed by atoms with Gasteiger partial charge in [0.2, 0.25) is 0 Å². The lowest BCUT2D eigenvalue weighted by Crippen LogP contribution is -2.24. The van der Waals surface area contributed by atoms with E-state index in [9.17, 15) is 4.39 Å². The minimum atomic E-state index is -0.228. The molecule has 1 aromatic heterocycles. The van der Waals surface area contributed by atoms with Crippen molar-refractivity contribution in [3.05, 3.63) is 89.0 Å². The molecule has 132 valence electrons. The predicted molar refractivity (Wildman–Crippen MR) is 108 cm³/mol. The average Bonchev–Trinajstić information content (AvgIpc) is 3.04. The summed E-state index contributed by atoms with van der Waals surface area (Å²) in [5.74, 6) is -0.228. The van der Waals surface area contributed by atoms with Gasteiger partial charge in [-0.15, -0.1) is 0 Å². The average molecular weight is 387 g/mol. The lowest BCUT2D eigenvalue weighted by molar-refractivity contribution is 0.599. The molecule has 3 rings (SSSR count). The topological polar surface area (TPSA) is 41.4 Å². The van der Waals surface area contributed by atoms with Crippen molar-refractivity contribution in [3.63, 3.8) is 0 Å². The van der Waals surface area contributed by atoms with Crippen LogP contribution in [0.25, 0.3) is 0 Å². The van der Waals surface area contributed by atoms with Crippen molar-refractivity contribution in [3.8, 4) is 0 Å². The van der Waals surface area contributed by atoms with Gasteiger partial charge in [-0.2, -0.15) is 5.10 Å². The van der Waals surface area contributed by atoms with Gasteiger partial charge in [0.25, 0.3) is 0 Å². The van der Waals surface area contributed by atoms with Gasteiger partial charge < -0.3 is 9.88 Å². The predicted octanol–water partition coefficient (Wildman–Crippen LogP) is 4.65. The van der Waals surface area contributed by atoms with Crippen molar-refractivity contribution in [2.75, 3.05) is 5.32 Å². The van der Waals surface area contributed by atoms with Crippen LogP contribution in [0.5, 0.6) is 0 Å². The SMILES string of the molecule is Fc1ccccc1Cn1cccc1C=NNC(=S)Nc1cccc(Cl)c1. The van der Waals surface area contributed by atoms with E-state index >= 15 is 0 Å². The van der Waals surface area contributed by atoms with E-state index in [4.69, 9.17) is 23.8 Å². The maximum atomic E-state index is 13.8. The number of aromatic nitrogens is 1. The maximum Gasteiger partial charge on any atom is 0.191 e. The van der Waals surface area contributed by atoms with E-state index in [2.05, 4.69) is 15.8 Å². The van der Waals surface area contributed by atoms with Gasteiger partial charge >= 0.3 is 0 Å². The van der Waals surface area contributed by atoms with Crippen molar-refractivity contribution >= 4 is 40.8 Å². The number of anilines is 1. The van der Waals surface area contributed by atoms with E-state index in [0.29, 0.717) is 22.2 Å². The summed E-state index contributed by atoms with van der Waals surface area (Å²) in [6.45, 7) is 0.423. The van der Waals surface area contributed by atoms with Gasteiger partial charge in [-0.3, -0.25) is 5.43 Å². The third-order valence-electron chi connectivity index (χ3n) is 3.61. The van der Waals surface area contributed by atoms with E-state index in [1.807, 2.05) is 41.1 Å². The first-order valence-electron chi connectivity index (χ1n) is 7.86. The standard InChI is InChI=1S/C19H16ClFN4S/c20-15-6-3-7-16(11-15)23-19(26)24-22-12-17-8-4-10-25(17)13-14-5-1-2-9-18(14)21/h1-12H,13H2,(H2,23,24,26). The summed E-state index contributed by atoms with van der Waals surface area (Å²) >= 11 is 11.1. The summed E-state index contributed by atoms with van der Waals surface area (Å²) in [6.07, 6.45) is 3.50. The van der Waals surface area contributed by atoms with E-state index in [1.165, 1.54) is 6.07 Å². The molecular formula is C19H16ClFN4S. The summed E-state index contributed by atoms with van der Waals surface area (Å²) in [7, 11) is 0. The first kappa shape index (κ1) is 18.1. The Labute approximate surface area is 161 Å². The maximum absolute atomic E-state index is 13.8. The van der Waals surface area contributed by atoms with Gasteiger partial charge in [-0.25, -0.2) is 4.39 Å². The van der Waals surface area contributed by atoms with Gasteiger partial charge in [0, 0.05) is 22.5 Å². The van der Waals surface area contributed by atoms with Gasteiger partial charge in [0.1, 0.15) is 5.82 Å². The first-order valence-corrected chi connectivity index (χ1v) is 8.64. The molecule has 0 aliphatic rings. The van der Waals surface area contributed by atoms with Crippen molar-refractivity contribution in [2.24, 2.45) is 5.10 Å². The molecule has 3 aromatic rings. The number of rotatable bonds is 5. The highest BCUT2D eigenvalue weighted by atomic mass is 35.5. The lowest BCUT2D eigenvalue weighted by atomic mass is 10.2. The molecule has 4 nitrogen and oxygen atoms in total. The first-order chi connectivity index (χ1) is 12.6. The van der Waals surface area contributed by atoms with Crippen LogP contribution in [0.3, 0.4) is 0 Å². The molecule has 1 heterocycles. The quantitative estimate of drug-likeness (QED) is 0.381. The van der Waals surface area contributed by atoms with Crippen LogP contribution in [0.1, 0.15) is 11.3 Å². The number of benzene rings is 2. The van der Waals surface area contributed by atoms with Crippen LogP contribution in [0.15, 0.2) is 72.0 Å². The molecule has 7 heteroatoms. The Bertz CT molecular complexity index is 939. The number of hydrogen-bond acceptors (Lipinski definition) is 2. The van der Waals surface area contributed by atoms with Crippen LogP contribution >= 0.6 is 23.8 Å². The Hall–Kier alpha value is -2.70. The molecule has 0 aliphatic heterocycles. The summed E-state index contributed by atoms with van der Waals surface area (Å²) in [6, 6.07) is 17.7. The molecule has 2 N–H and O–H groups in total. The molecule has 2 aromatic carbocycles. The smallest absolute Gasteiger partial charge is 0.191 e. The Balaban J connectivity index is 1.60. The Kier molecular flexibility index (Phi) is 5.99. The molecule has 0 bridgehead atoms. The van der Waals surface area contributed by atoms with Crippen LogP contribution in [-0.4, -0.2) is 15.9 Å². The molecule has 0 unspecified atom stereocenters. The van der Waals surface area contributed by atoms with Crippen LogP contribution in [-0.2, 0) is 6.54 Å². The fourth-order valence-electron chi connectivity index (χ4n) is 2.38. The van der Waals surface area contributed by atoms with Crippen molar-refractivity contribution < 1.29 is 4.39 Å². The van der Waals surface area contributed by atoms with Gasteiger partial charge in [0.05, 0.1) is 18.5 Å². The van der Waals surface area contributed by atoms with Crippen LogP contribution in [0.4, 0.5) is 10.1 Å². The minimum Gasteiger partial charge on any atom is -0.342 e. The van der Waals surface area contributed by atoms with Crippen molar-refractivity contribution in [1.29, 1.82) is 0 Å². The fourth-order valence-corrected chi connectivity index (χ4v) is 2.74. The molecule has 0 saturated carbocycles. The van der Waals surface area contributed by atoms with Crippen LogP contribution < -0.4 is 10.7 Å². The van der Waals surface area contributed by atoms with Crippen LogP contribution in [0.2, 0.25) is 5.02 Å². The monoisotopic (exact) mass is 386 g/mol. The summed E-state index contributed by atoms with van der Waals surface area (Å²) in [4.78, 5) is 0. The Morgan fingerprint density at radius 1 is 1.15 bits per heavy atom. The number of hydrazone groups is 1. The van der Waals surface area contributed by atoms with E-state index in [1.54, 1.807) is 30.5 Å². The minimum absolute atomic E-state index is 0.228. The molecule has 0 spiro atoms. The zero-order valence-corrected chi connectivity index (χ0v) is 15.3. The molecule has 0 atom stereocenters. The molecular weight excluding hydrogens is 371 g/mol. The van der Waals surface area contributed by atoms with Crippen molar-refractivity contribution in [1.82, 2.24) is 9.99 Å². The van der Waals surface area contributed by atoms with Gasteiger partial charge in [-0.05, 0) is 48.6 Å². The van der Waals surface area contributed by atoms with E-state index in [-0.39, 0.29) is 5.82 Å². The van der Waals surface area contributed by atoms with Crippen LogP contribution in [0, 0.1) is 5.82 Å². The summed E-state index contributed by atoms with van der Waals surface area (Å²) in [5.41, 5.74) is 4.96. The largest absolute Gasteiger partial charge is 0.342 e. The van der Waals surface area contributed by atoms with Gasteiger partial charge in [0.15, 0.2) is 5.11 Å². The van der Waals surface area contributed by atoms with Crippen molar-refractivity contribution in [2.45, 2.75) is 6.54 Å². The number of nitrogens with one attached hydrogen (secondary N) is 2. The number of hydrogen-bond donors (Lipinski definition) is 2. The molecule has 0 saturated heterocycles. The zero-order valence-electron chi connectivity index (χ0n) is 13.7. The zero-order chi connectivity index (χ0) is 18.4. The molecule has 0 aliphatic carbocycles. The Morgan fingerprint density at radius 3 is 2.81 bits per heavy atom. The number of nitrogens with zero attached hydrogens (tertiary/aromatic N) is 2. The summed E-state index contributed by atoms with van der Waals surface area (Å²) < 4.78 is 15.7. The van der Waals surface area contributed by atoms with E-state index < -0.39 is 0 Å². The second-order valence-electron chi connectivity index (χ2n) is 5.49. The summed E-state index contributed by atoms with van der Waals surface area (Å²) in [5, 5.41) is 8.08. The molecule has 0 radical (unpaired) electrons. The second-order valence-corrected chi connectivity index (χ2v) is 6.33. The third-order valence-corrected chi connectivity index (χ3v) is 4.04. The highest BCUT2D eigenvalue weighted by molar-refractivity contribution is 7.80. The number of thiocarbonyl (C=S) groups is 1.